The SMILES string of the molecule is O=Cc1ccc2nc(-c3[nH]ncc3NC(=O)c3cccc(F)c3F)[nH]c2c1. The standard InChI is InChI=1S/C18H11F2N5O2/c19-11-3-1-2-10(15(11)20)18(27)24-14-7-21-25-16(14)17-22-12-5-4-9(8-26)6-13(12)23-17/h1-8H,(H,21,25)(H,22,23)(H,24,27). The van der Waals surface area contributed by atoms with Crippen molar-refractivity contribution in [2.24, 2.45) is 0 Å². The highest BCUT2D eigenvalue weighted by Crippen LogP contribution is 2.26. The van der Waals surface area contributed by atoms with Gasteiger partial charge < -0.3 is 10.3 Å². The van der Waals surface area contributed by atoms with Crippen molar-refractivity contribution in [2.75, 3.05) is 5.32 Å². The molecule has 4 aromatic rings. The van der Waals surface area contributed by atoms with Crippen LogP contribution in [0, 0.1) is 11.6 Å². The van der Waals surface area contributed by atoms with Gasteiger partial charge >= 0.3 is 0 Å². The number of aldehydes is 1. The number of H-pyrrole nitrogens is 2. The fourth-order valence-corrected chi connectivity index (χ4v) is 2.65. The number of halogens is 2. The topological polar surface area (TPSA) is 104 Å². The summed E-state index contributed by atoms with van der Waals surface area (Å²) < 4.78 is 27.1. The third-order valence-electron chi connectivity index (χ3n) is 3.96. The van der Waals surface area contributed by atoms with Gasteiger partial charge in [-0.3, -0.25) is 14.7 Å². The summed E-state index contributed by atoms with van der Waals surface area (Å²) >= 11 is 0. The van der Waals surface area contributed by atoms with Gasteiger partial charge in [0.2, 0.25) is 0 Å². The van der Waals surface area contributed by atoms with E-state index in [1.807, 2.05) is 0 Å². The molecule has 2 aromatic heterocycles. The Labute approximate surface area is 150 Å². The van der Waals surface area contributed by atoms with Crippen molar-refractivity contribution in [3.05, 3.63) is 65.4 Å². The van der Waals surface area contributed by atoms with Crippen molar-refractivity contribution < 1.29 is 18.4 Å². The number of aromatic nitrogens is 4. The highest BCUT2D eigenvalue weighted by molar-refractivity contribution is 6.06. The zero-order valence-corrected chi connectivity index (χ0v) is 13.6. The molecular weight excluding hydrogens is 356 g/mol. The number of anilines is 1. The van der Waals surface area contributed by atoms with Crippen molar-refractivity contribution >= 4 is 28.9 Å². The molecule has 0 atom stereocenters. The molecule has 0 aliphatic heterocycles. The number of imidazole rings is 1. The Morgan fingerprint density at radius 2 is 2.04 bits per heavy atom. The van der Waals surface area contributed by atoms with Crippen molar-refractivity contribution in [1.29, 1.82) is 0 Å². The lowest BCUT2D eigenvalue weighted by Gasteiger charge is -2.06. The van der Waals surface area contributed by atoms with Crippen LogP contribution in [-0.4, -0.2) is 32.4 Å². The Kier molecular flexibility index (Phi) is 3.96. The lowest BCUT2D eigenvalue weighted by atomic mass is 10.2. The predicted molar refractivity (Wildman–Crippen MR) is 93.4 cm³/mol. The molecule has 2 aromatic carbocycles. The molecule has 0 radical (unpaired) electrons. The minimum absolute atomic E-state index is 0.235. The van der Waals surface area contributed by atoms with E-state index in [1.165, 1.54) is 18.3 Å². The molecule has 0 unspecified atom stereocenters. The van der Waals surface area contributed by atoms with Crippen molar-refractivity contribution in [3.8, 4) is 11.5 Å². The molecule has 0 aliphatic rings. The van der Waals surface area contributed by atoms with Gasteiger partial charge in [-0.2, -0.15) is 5.10 Å². The number of nitrogens with one attached hydrogen (secondary N) is 3. The molecule has 0 spiro atoms. The van der Waals surface area contributed by atoms with Gasteiger partial charge in [-0.15, -0.1) is 0 Å². The van der Waals surface area contributed by atoms with E-state index in [1.54, 1.807) is 18.2 Å². The number of aromatic amines is 2. The summed E-state index contributed by atoms with van der Waals surface area (Å²) in [5.74, 6) is -2.81. The summed E-state index contributed by atoms with van der Waals surface area (Å²) in [7, 11) is 0. The van der Waals surface area contributed by atoms with Crippen LogP contribution in [0.4, 0.5) is 14.5 Å². The smallest absolute Gasteiger partial charge is 0.258 e. The summed E-state index contributed by atoms with van der Waals surface area (Å²) in [6.07, 6.45) is 2.05. The van der Waals surface area contributed by atoms with Gasteiger partial charge in [0.05, 0.1) is 28.5 Å². The molecule has 1 amide bonds. The summed E-state index contributed by atoms with van der Waals surface area (Å²) in [6.45, 7) is 0. The molecule has 7 nitrogen and oxygen atoms in total. The van der Waals surface area contributed by atoms with E-state index in [9.17, 15) is 18.4 Å². The first-order valence-corrected chi connectivity index (χ1v) is 7.81. The van der Waals surface area contributed by atoms with E-state index in [0.717, 1.165) is 12.4 Å². The number of carbonyl (C=O) groups is 2. The molecule has 27 heavy (non-hydrogen) atoms. The van der Waals surface area contributed by atoms with Crippen LogP contribution >= 0.6 is 0 Å². The van der Waals surface area contributed by atoms with Crippen molar-refractivity contribution in [2.45, 2.75) is 0 Å². The second-order valence-electron chi connectivity index (χ2n) is 5.69. The van der Waals surface area contributed by atoms with Crippen LogP contribution in [0.5, 0.6) is 0 Å². The Bertz CT molecular complexity index is 1180. The predicted octanol–water partition coefficient (Wildman–Crippen LogP) is 3.30. The number of hydrogen-bond acceptors (Lipinski definition) is 4. The van der Waals surface area contributed by atoms with E-state index < -0.39 is 23.1 Å². The first kappa shape index (κ1) is 16.6. The number of benzene rings is 2. The lowest BCUT2D eigenvalue weighted by molar-refractivity contribution is 0.102. The van der Waals surface area contributed by atoms with E-state index in [4.69, 9.17) is 0 Å². The average molecular weight is 367 g/mol. The summed E-state index contributed by atoms with van der Waals surface area (Å²) in [5.41, 5.74) is 1.87. The number of amides is 1. The van der Waals surface area contributed by atoms with Gasteiger partial charge in [0.15, 0.2) is 17.5 Å². The fraction of sp³-hybridized carbons (Fsp3) is 0. The number of rotatable bonds is 4. The second kappa shape index (κ2) is 6.45. The number of carbonyl (C=O) groups excluding carboxylic acids is 2. The van der Waals surface area contributed by atoms with Gasteiger partial charge in [-0.1, -0.05) is 6.07 Å². The average Bonchev–Trinajstić information content (AvgIpc) is 3.29. The van der Waals surface area contributed by atoms with Crippen LogP contribution < -0.4 is 5.32 Å². The lowest BCUT2D eigenvalue weighted by Crippen LogP contribution is -2.14. The molecule has 0 bridgehead atoms. The second-order valence-corrected chi connectivity index (χ2v) is 5.69. The molecule has 0 saturated heterocycles. The minimum Gasteiger partial charge on any atom is -0.337 e. The highest BCUT2D eigenvalue weighted by atomic mass is 19.2. The third-order valence-corrected chi connectivity index (χ3v) is 3.96. The van der Waals surface area contributed by atoms with Crippen LogP contribution in [0.25, 0.3) is 22.6 Å². The summed E-state index contributed by atoms with van der Waals surface area (Å²) in [4.78, 5) is 30.6. The number of hydrogen-bond donors (Lipinski definition) is 3. The van der Waals surface area contributed by atoms with Crippen LogP contribution in [0.15, 0.2) is 42.6 Å². The first-order chi connectivity index (χ1) is 13.1. The van der Waals surface area contributed by atoms with Crippen LogP contribution in [0.1, 0.15) is 20.7 Å². The Balaban J connectivity index is 1.68. The van der Waals surface area contributed by atoms with Gasteiger partial charge in [-0.25, -0.2) is 13.8 Å². The number of fused-ring (bicyclic) bond motifs is 1. The molecule has 9 heteroatoms. The van der Waals surface area contributed by atoms with Crippen LogP contribution in [0.2, 0.25) is 0 Å². The highest BCUT2D eigenvalue weighted by Gasteiger charge is 2.19. The quantitative estimate of drug-likeness (QED) is 0.482. The molecule has 0 saturated carbocycles. The van der Waals surface area contributed by atoms with Gasteiger partial charge in [0.1, 0.15) is 12.0 Å². The van der Waals surface area contributed by atoms with E-state index in [0.29, 0.717) is 28.1 Å². The largest absolute Gasteiger partial charge is 0.337 e. The summed E-state index contributed by atoms with van der Waals surface area (Å²) in [5, 5.41) is 9.05. The summed E-state index contributed by atoms with van der Waals surface area (Å²) in [6, 6.07) is 8.29. The molecule has 0 aliphatic carbocycles. The van der Waals surface area contributed by atoms with E-state index >= 15 is 0 Å². The molecular formula is C18H11F2N5O2. The first-order valence-electron chi connectivity index (χ1n) is 7.81. The molecule has 2 heterocycles. The van der Waals surface area contributed by atoms with Crippen molar-refractivity contribution in [3.63, 3.8) is 0 Å². The van der Waals surface area contributed by atoms with Gasteiger partial charge in [-0.05, 0) is 30.3 Å². The van der Waals surface area contributed by atoms with Gasteiger partial charge in [0, 0.05) is 5.56 Å². The Morgan fingerprint density at radius 3 is 2.85 bits per heavy atom. The molecule has 4 rings (SSSR count). The maximum atomic E-state index is 13.8. The molecule has 0 fully saturated rings. The maximum absolute atomic E-state index is 13.8. The van der Waals surface area contributed by atoms with Crippen LogP contribution in [0.3, 0.4) is 0 Å². The Hall–Kier alpha value is -3.88. The third kappa shape index (κ3) is 2.95. The van der Waals surface area contributed by atoms with Gasteiger partial charge in [0.25, 0.3) is 5.91 Å². The monoisotopic (exact) mass is 367 g/mol. The zero-order valence-electron chi connectivity index (χ0n) is 13.6. The normalized spacial score (nSPS) is 10.9. The molecule has 3 N–H and O–H groups in total. The van der Waals surface area contributed by atoms with E-state index in [2.05, 4.69) is 25.5 Å². The zero-order chi connectivity index (χ0) is 19.0. The minimum atomic E-state index is -1.23. The Morgan fingerprint density at radius 1 is 1.19 bits per heavy atom. The van der Waals surface area contributed by atoms with Crippen LogP contribution in [-0.2, 0) is 0 Å². The van der Waals surface area contributed by atoms with E-state index in [-0.39, 0.29) is 5.69 Å². The molecule has 134 valence electrons. The number of nitrogens with zero attached hydrogens (tertiary/aromatic N) is 2. The fourth-order valence-electron chi connectivity index (χ4n) is 2.65. The van der Waals surface area contributed by atoms with Crippen molar-refractivity contribution in [1.82, 2.24) is 20.2 Å². The maximum Gasteiger partial charge on any atom is 0.258 e.